The Bertz CT molecular complexity index is 1080. The molecule has 2 saturated heterocycles. The zero-order chi connectivity index (χ0) is 27.0. The molecule has 3 amide bonds. The van der Waals surface area contributed by atoms with Crippen LogP contribution in [0, 0.1) is 0 Å². The highest BCUT2D eigenvalue weighted by Crippen LogP contribution is 2.39. The van der Waals surface area contributed by atoms with Crippen LogP contribution in [0.25, 0.3) is 0 Å². The number of carbonyl (C=O) groups excluding carboxylic acids is 3. The number of carbonyl (C=O) groups is 3. The fourth-order valence-corrected chi connectivity index (χ4v) is 5.61. The van der Waals surface area contributed by atoms with Gasteiger partial charge in [0.25, 0.3) is 11.8 Å². The van der Waals surface area contributed by atoms with Crippen molar-refractivity contribution in [3.8, 4) is 0 Å². The molecule has 2 aromatic carbocycles. The predicted molar refractivity (Wildman–Crippen MR) is 151 cm³/mol. The average molecular weight is 519 g/mol. The van der Waals surface area contributed by atoms with Crippen molar-refractivity contribution >= 4 is 23.4 Å². The summed E-state index contributed by atoms with van der Waals surface area (Å²) >= 11 is 0. The minimum absolute atomic E-state index is 0.0174. The molecule has 1 N–H and O–H groups in total. The smallest absolute Gasteiger partial charge is 0.253 e. The van der Waals surface area contributed by atoms with E-state index in [1.165, 1.54) is 24.8 Å². The van der Waals surface area contributed by atoms with E-state index in [0.29, 0.717) is 44.7 Å². The summed E-state index contributed by atoms with van der Waals surface area (Å²) in [7, 11) is 0. The Morgan fingerprint density at radius 2 is 1.58 bits per heavy atom. The van der Waals surface area contributed by atoms with Gasteiger partial charge >= 0.3 is 0 Å². The van der Waals surface area contributed by atoms with Crippen molar-refractivity contribution in [3.05, 3.63) is 65.7 Å². The van der Waals surface area contributed by atoms with E-state index in [1.54, 1.807) is 4.90 Å². The summed E-state index contributed by atoms with van der Waals surface area (Å²) < 4.78 is 0. The molecule has 0 aromatic heterocycles. The summed E-state index contributed by atoms with van der Waals surface area (Å²) in [5, 5.41) is 2.93. The number of unbranched alkanes of at least 4 members (excludes halogenated alkanes) is 3. The van der Waals surface area contributed by atoms with E-state index in [2.05, 4.69) is 36.2 Å². The van der Waals surface area contributed by atoms with E-state index in [-0.39, 0.29) is 24.3 Å². The molecule has 7 nitrogen and oxygen atoms in total. The van der Waals surface area contributed by atoms with Gasteiger partial charge in [0.1, 0.15) is 12.1 Å². The number of anilines is 1. The molecule has 2 fully saturated rings. The summed E-state index contributed by atoms with van der Waals surface area (Å²) in [5.74, 6) is -0.123. The van der Waals surface area contributed by atoms with Gasteiger partial charge in [0.15, 0.2) is 0 Å². The first-order valence-corrected chi connectivity index (χ1v) is 14.3. The highest BCUT2D eigenvalue weighted by Gasteiger charge is 2.54. The second kappa shape index (κ2) is 12.9. The lowest BCUT2D eigenvalue weighted by Gasteiger charge is -2.43. The second-order valence-corrected chi connectivity index (χ2v) is 10.6. The van der Waals surface area contributed by atoms with Gasteiger partial charge in [-0.25, -0.2) is 0 Å². The van der Waals surface area contributed by atoms with Gasteiger partial charge in [-0.05, 0) is 61.9 Å². The molecule has 0 aliphatic carbocycles. The molecule has 204 valence electrons. The normalized spacial score (nSPS) is 16.8. The average Bonchev–Trinajstić information content (AvgIpc) is 3.20. The van der Waals surface area contributed by atoms with E-state index in [1.807, 2.05) is 47.4 Å². The van der Waals surface area contributed by atoms with E-state index in [0.717, 1.165) is 24.9 Å². The number of amides is 3. The van der Waals surface area contributed by atoms with Crippen LogP contribution < -0.4 is 10.2 Å². The number of aryl methyl sites for hydroxylation is 1. The summed E-state index contributed by atoms with van der Waals surface area (Å²) in [6.07, 6.45) is 7.62. The lowest BCUT2D eigenvalue weighted by atomic mass is 9.85. The molecule has 2 aromatic rings. The zero-order valence-electron chi connectivity index (χ0n) is 23.0. The Morgan fingerprint density at radius 1 is 0.895 bits per heavy atom. The van der Waals surface area contributed by atoms with Gasteiger partial charge in [-0.2, -0.15) is 0 Å². The third kappa shape index (κ3) is 6.20. The van der Waals surface area contributed by atoms with Crippen LogP contribution in [-0.2, 0) is 16.0 Å². The van der Waals surface area contributed by atoms with Crippen molar-refractivity contribution in [3.63, 3.8) is 0 Å². The van der Waals surface area contributed by atoms with Gasteiger partial charge in [0.05, 0.1) is 6.67 Å². The number of nitrogens with zero attached hydrogens (tertiary/aromatic N) is 3. The third-order valence-electron chi connectivity index (χ3n) is 7.92. The number of para-hydroxylation sites is 1. The predicted octanol–water partition coefficient (Wildman–Crippen LogP) is 4.62. The van der Waals surface area contributed by atoms with Crippen molar-refractivity contribution in [1.82, 2.24) is 15.1 Å². The molecule has 2 aliphatic heterocycles. The Morgan fingerprint density at radius 3 is 2.24 bits per heavy atom. The fourth-order valence-electron chi connectivity index (χ4n) is 5.61. The van der Waals surface area contributed by atoms with Gasteiger partial charge in [0.2, 0.25) is 5.91 Å². The van der Waals surface area contributed by atoms with E-state index in [9.17, 15) is 14.4 Å². The SMILES string of the molecule is CCCCCc1ccc(C(=O)N2CCC3(CC2)C(=O)N(CC(=O)NCCCC)CN3c2ccccc2)cc1. The van der Waals surface area contributed by atoms with Crippen LogP contribution >= 0.6 is 0 Å². The first-order chi connectivity index (χ1) is 18.5. The second-order valence-electron chi connectivity index (χ2n) is 10.6. The monoisotopic (exact) mass is 518 g/mol. The topological polar surface area (TPSA) is 73.0 Å². The van der Waals surface area contributed by atoms with Gasteiger partial charge in [-0.1, -0.05) is 63.4 Å². The first kappa shape index (κ1) is 27.7. The van der Waals surface area contributed by atoms with Crippen molar-refractivity contribution < 1.29 is 14.4 Å². The zero-order valence-corrected chi connectivity index (χ0v) is 23.0. The van der Waals surface area contributed by atoms with Crippen molar-refractivity contribution in [2.45, 2.75) is 70.8 Å². The molecule has 0 saturated carbocycles. The highest BCUT2D eigenvalue weighted by atomic mass is 16.2. The Balaban J connectivity index is 1.44. The Kier molecular flexibility index (Phi) is 9.43. The summed E-state index contributed by atoms with van der Waals surface area (Å²) in [6, 6.07) is 17.9. The maximum Gasteiger partial charge on any atom is 0.253 e. The standard InChI is InChI=1S/C31H42N4O3/c1-3-5-8-11-25-14-16-26(17-15-25)29(37)33-21-18-31(19-22-33)30(38)34(23-28(36)32-20-6-4-2)24-35(31)27-12-9-7-10-13-27/h7,9-10,12-17H,3-6,8,11,18-24H2,1-2H3,(H,32,36). The molecular weight excluding hydrogens is 476 g/mol. The fraction of sp³-hybridized carbons (Fsp3) is 0.516. The molecule has 1 spiro atoms. The molecule has 0 unspecified atom stereocenters. The molecule has 0 atom stereocenters. The largest absolute Gasteiger partial charge is 0.355 e. The minimum Gasteiger partial charge on any atom is -0.355 e. The van der Waals surface area contributed by atoms with E-state index in [4.69, 9.17) is 0 Å². The molecule has 4 rings (SSSR count). The van der Waals surface area contributed by atoms with Crippen LogP contribution in [0.2, 0.25) is 0 Å². The molecule has 7 heteroatoms. The Labute approximate surface area is 227 Å². The number of rotatable bonds is 11. The van der Waals surface area contributed by atoms with Crippen LogP contribution in [0.4, 0.5) is 5.69 Å². The van der Waals surface area contributed by atoms with Crippen molar-refractivity contribution in [2.75, 3.05) is 37.7 Å². The lowest BCUT2D eigenvalue weighted by molar-refractivity contribution is -0.137. The van der Waals surface area contributed by atoms with E-state index < -0.39 is 5.54 Å². The number of hydrogen-bond acceptors (Lipinski definition) is 4. The van der Waals surface area contributed by atoms with Crippen LogP contribution in [-0.4, -0.2) is 65.9 Å². The van der Waals surface area contributed by atoms with Crippen LogP contribution in [0.5, 0.6) is 0 Å². The molecular formula is C31H42N4O3. The van der Waals surface area contributed by atoms with Crippen LogP contribution in [0.3, 0.4) is 0 Å². The van der Waals surface area contributed by atoms with Gasteiger partial charge in [-0.3, -0.25) is 14.4 Å². The molecule has 0 bridgehead atoms. The molecule has 38 heavy (non-hydrogen) atoms. The first-order valence-electron chi connectivity index (χ1n) is 14.3. The van der Waals surface area contributed by atoms with Crippen LogP contribution in [0.15, 0.2) is 54.6 Å². The quantitative estimate of drug-likeness (QED) is 0.441. The van der Waals surface area contributed by atoms with Crippen molar-refractivity contribution in [2.24, 2.45) is 0 Å². The Hall–Kier alpha value is -3.35. The van der Waals surface area contributed by atoms with Gasteiger partial charge in [-0.15, -0.1) is 0 Å². The van der Waals surface area contributed by atoms with E-state index >= 15 is 0 Å². The molecule has 0 radical (unpaired) electrons. The van der Waals surface area contributed by atoms with Gasteiger partial charge < -0.3 is 20.0 Å². The molecule has 2 heterocycles. The summed E-state index contributed by atoms with van der Waals surface area (Å²) in [6.45, 7) is 6.34. The van der Waals surface area contributed by atoms with Crippen LogP contribution in [0.1, 0.15) is 74.7 Å². The van der Waals surface area contributed by atoms with Crippen molar-refractivity contribution in [1.29, 1.82) is 0 Å². The number of nitrogens with one attached hydrogen (secondary N) is 1. The minimum atomic E-state index is -0.745. The maximum absolute atomic E-state index is 13.8. The number of hydrogen-bond donors (Lipinski definition) is 1. The summed E-state index contributed by atoms with van der Waals surface area (Å²) in [4.78, 5) is 45.4. The number of likely N-dealkylation sites (tertiary alicyclic amines) is 1. The molecule has 2 aliphatic rings. The lowest BCUT2D eigenvalue weighted by Crippen LogP contribution is -2.57. The summed E-state index contributed by atoms with van der Waals surface area (Å²) in [5.41, 5.74) is 2.18. The number of benzene rings is 2. The highest BCUT2D eigenvalue weighted by molar-refractivity contribution is 5.97. The number of piperidine rings is 1. The maximum atomic E-state index is 13.8. The van der Waals surface area contributed by atoms with Gasteiger partial charge in [0, 0.05) is 30.9 Å². The third-order valence-corrected chi connectivity index (χ3v) is 7.92.